The largest absolute Gasteiger partial charge is 0.294 e. The molecule has 0 aliphatic heterocycles. The minimum atomic E-state index is -0.580. The molecule has 5 heteroatoms. The lowest BCUT2D eigenvalue weighted by Gasteiger charge is -2.03. The molecule has 3 N–H and O–H groups in total. The monoisotopic (exact) mass is 228 g/mol. The number of halogens is 2. The molecule has 0 unspecified atom stereocenters. The fourth-order valence-electron chi connectivity index (χ4n) is 1.40. The van der Waals surface area contributed by atoms with Crippen LogP contribution in [-0.4, -0.2) is 5.91 Å². The van der Waals surface area contributed by atoms with Gasteiger partial charge in [-0.05, 0) is 30.9 Å². The number of hydrazine groups is 1. The van der Waals surface area contributed by atoms with Gasteiger partial charge in [-0.25, -0.2) is 14.6 Å². The van der Waals surface area contributed by atoms with Gasteiger partial charge in [0.2, 0.25) is 5.91 Å². The fraction of sp³-hybridized carbons (Fsp3) is 0.364. The van der Waals surface area contributed by atoms with Crippen molar-refractivity contribution in [3.05, 3.63) is 35.4 Å². The Morgan fingerprint density at radius 2 is 2.06 bits per heavy atom. The summed E-state index contributed by atoms with van der Waals surface area (Å²) in [7, 11) is 0. The average molecular weight is 228 g/mol. The molecule has 0 radical (unpaired) electrons. The molecule has 0 fully saturated rings. The van der Waals surface area contributed by atoms with Crippen LogP contribution in [0.15, 0.2) is 18.2 Å². The number of nitrogens with one attached hydrogen (secondary N) is 1. The quantitative estimate of drug-likeness (QED) is 0.348. The fourth-order valence-corrected chi connectivity index (χ4v) is 1.40. The minimum absolute atomic E-state index is 0.237. The van der Waals surface area contributed by atoms with Crippen LogP contribution in [-0.2, 0) is 11.2 Å². The first kappa shape index (κ1) is 12.6. The zero-order chi connectivity index (χ0) is 12.0. The zero-order valence-electron chi connectivity index (χ0n) is 8.80. The number of amides is 1. The molecular weight excluding hydrogens is 214 g/mol. The molecule has 3 nitrogen and oxygen atoms in total. The summed E-state index contributed by atoms with van der Waals surface area (Å²) < 4.78 is 25.7. The molecule has 88 valence electrons. The lowest BCUT2D eigenvalue weighted by atomic mass is 10.1. The van der Waals surface area contributed by atoms with Gasteiger partial charge in [0.25, 0.3) is 0 Å². The summed E-state index contributed by atoms with van der Waals surface area (Å²) >= 11 is 0. The third-order valence-electron chi connectivity index (χ3n) is 2.28. The minimum Gasteiger partial charge on any atom is -0.294 e. The number of carbonyl (C=O) groups is 1. The molecule has 0 atom stereocenters. The number of hydrogen-bond donors (Lipinski definition) is 2. The van der Waals surface area contributed by atoms with Crippen LogP contribution >= 0.6 is 0 Å². The van der Waals surface area contributed by atoms with Gasteiger partial charge in [0.1, 0.15) is 11.6 Å². The van der Waals surface area contributed by atoms with E-state index in [-0.39, 0.29) is 5.91 Å². The highest BCUT2D eigenvalue weighted by Crippen LogP contribution is 2.12. The Morgan fingerprint density at radius 3 is 2.69 bits per heavy atom. The highest BCUT2D eigenvalue weighted by Gasteiger charge is 2.04. The second kappa shape index (κ2) is 6.17. The van der Waals surface area contributed by atoms with Crippen molar-refractivity contribution in [1.29, 1.82) is 0 Å². The van der Waals surface area contributed by atoms with Crippen LogP contribution in [0.5, 0.6) is 0 Å². The summed E-state index contributed by atoms with van der Waals surface area (Å²) in [6, 6.07) is 3.51. The van der Waals surface area contributed by atoms with Gasteiger partial charge >= 0.3 is 0 Å². The zero-order valence-corrected chi connectivity index (χ0v) is 8.80. The third kappa shape index (κ3) is 3.94. The van der Waals surface area contributed by atoms with Gasteiger partial charge in [-0.2, -0.15) is 0 Å². The van der Waals surface area contributed by atoms with Crippen LogP contribution in [0, 0.1) is 11.6 Å². The number of aryl methyl sites for hydroxylation is 1. The summed E-state index contributed by atoms with van der Waals surface area (Å²) in [4.78, 5) is 10.8. The summed E-state index contributed by atoms with van der Waals surface area (Å²) in [5.41, 5.74) is 2.49. The Bertz CT molecular complexity index is 369. The summed E-state index contributed by atoms with van der Waals surface area (Å²) in [5, 5.41) is 0. The van der Waals surface area contributed by atoms with Crippen LogP contribution in [0.1, 0.15) is 24.8 Å². The molecule has 0 saturated carbocycles. The topological polar surface area (TPSA) is 55.1 Å². The maximum absolute atomic E-state index is 13.2. The van der Waals surface area contributed by atoms with Gasteiger partial charge in [0, 0.05) is 12.5 Å². The number of carbonyl (C=O) groups excluding carboxylic acids is 1. The van der Waals surface area contributed by atoms with Crippen LogP contribution in [0.2, 0.25) is 0 Å². The number of benzene rings is 1. The molecule has 0 aromatic heterocycles. The SMILES string of the molecule is NNC(=O)CCCCc1ccc(F)cc1F. The average Bonchev–Trinajstić information content (AvgIpc) is 2.26. The van der Waals surface area contributed by atoms with E-state index in [4.69, 9.17) is 5.84 Å². The van der Waals surface area contributed by atoms with Crippen LogP contribution in [0.3, 0.4) is 0 Å². The lowest BCUT2D eigenvalue weighted by Crippen LogP contribution is -2.29. The van der Waals surface area contributed by atoms with Gasteiger partial charge in [0.05, 0.1) is 0 Å². The molecule has 1 aromatic carbocycles. The Hall–Kier alpha value is -1.49. The normalized spacial score (nSPS) is 10.2. The maximum atomic E-state index is 13.2. The molecule has 0 saturated heterocycles. The predicted octanol–water partition coefficient (Wildman–Crippen LogP) is 1.67. The van der Waals surface area contributed by atoms with Crippen LogP contribution in [0.25, 0.3) is 0 Å². The Morgan fingerprint density at radius 1 is 1.31 bits per heavy atom. The Balaban J connectivity index is 2.35. The molecule has 1 rings (SSSR count). The van der Waals surface area contributed by atoms with E-state index in [0.29, 0.717) is 31.2 Å². The van der Waals surface area contributed by atoms with E-state index in [9.17, 15) is 13.6 Å². The third-order valence-corrected chi connectivity index (χ3v) is 2.28. The van der Waals surface area contributed by atoms with Gasteiger partial charge in [-0.1, -0.05) is 6.07 Å². The Labute approximate surface area is 92.6 Å². The first-order valence-corrected chi connectivity index (χ1v) is 5.07. The van der Waals surface area contributed by atoms with Gasteiger partial charge in [0.15, 0.2) is 0 Å². The number of rotatable bonds is 5. The first-order chi connectivity index (χ1) is 7.63. The van der Waals surface area contributed by atoms with E-state index < -0.39 is 11.6 Å². The highest BCUT2D eigenvalue weighted by atomic mass is 19.1. The molecule has 1 amide bonds. The highest BCUT2D eigenvalue weighted by molar-refractivity contribution is 5.75. The molecule has 0 aliphatic carbocycles. The molecular formula is C11H14F2N2O. The van der Waals surface area contributed by atoms with E-state index in [1.807, 2.05) is 5.43 Å². The van der Waals surface area contributed by atoms with Crippen LogP contribution in [0.4, 0.5) is 8.78 Å². The predicted molar refractivity (Wildman–Crippen MR) is 56.2 cm³/mol. The molecule has 0 aliphatic rings. The van der Waals surface area contributed by atoms with Gasteiger partial charge in [-0.3, -0.25) is 10.2 Å². The van der Waals surface area contributed by atoms with Gasteiger partial charge in [-0.15, -0.1) is 0 Å². The summed E-state index contributed by atoms with van der Waals surface area (Å²) in [6.07, 6.45) is 2.10. The first-order valence-electron chi connectivity index (χ1n) is 5.07. The van der Waals surface area contributed by atoms with Crippen molar-refractivity contribution < 1.29 is 13.6 Å². The van der Waals surface area contributed by atoms with Crippen molar-refractivity contribution in [2.24, 2.45) is 5.84 Å². The smallest absolute Gasteiger partial charge is 0.233 e. The molecule has 0 heterocycles. The maximum Gasteiger partial charge on any atom is 0.233 e. The van der Waals surface area contributed by atoms with Crippen molar-refractivity contribution in [3.63, 3.8) is 0 Å². The second-order valence-electron chi connectivity index (χ2n) is 3.51. The summed E-state index contributed by atoms with van der Waals surface area (Å²) in [6.45, 7) is 0. The van der Waals surface area contributed by atoms with Crippen molar-refractivity contribution in [2.75, 3.05) is 0 Å². The van der Waals surface area contributed by atoms with Crippen molar-refractivity contribution in [1.82, 2.24) is 5.43 Å². The van der Waals surface area contributed by atoms with Crippen molar-refractivity contribution >= 4 is 5.91 Å². The molecule has 0 spiro atoms. The number of hydrogen-bond acceptors (Lipinski definition) is 2. The van der Waals surface area contributed by atoms with E-state index in [0.717, 1.165) is 6.07 Å². The number of nitrogens with two attached hydrogens (primary N) is 1. The van der Waals surface area contributed by atoms with E-state index in [1.54, 1.807) is 0 Å². The Kier molecular flexibility index (Phi) is 4.85. The van der Waals surface area contributed by atoms with E-state index in [2.05, 4.69) is 0 Å². The van der Waals surface area contributed by atoms with Gasteiger partial charge < -0.3 is 0 Å². The summed E-state index contributed by atoms with van der Waals surface area (Å²) in [5.74, 6) is 3.55. The second-order valence-corrected chi connectivity index (χ2v) is 3.51. The van der Waals surface area contributed by atoms with Crippen molar-refractivity contribution in [2.45, 2.75) is 25.7 Å². The number of unbranched alkanes of at least 4 members (excludes halogenated alkanes) is 1. The van der Waals surface area contributed by atoms with E-state index in [1.165, 1.54) is 12.1 Å². The van der Waals surface area contributed by atoms with Crippen molar-refractivity contribution in [3.8, 4) is 0 Å². The molecule has 16 heavy (non-hydrogen) atoms. The standard InChI is InChI=1S/C11H14F2N2O/c12-9-6-5-8(10(13)7-9)3-1-2-4-11(16)15-14/h5-7H,1-4,14H2,(H,15,16). The van der Waals surface area contributed by atoms with Crippen LogP contribution < -0.4 is 11.3 Å². The molecule has 0 bridgehead atoms. The van der Waals surface area contributed by atoms with E-state index >= 15 is 0 Å². The molecule has 1 aromatic rings. The lowest BCUT2D eigenvalue weighted by molar-refractivity contribution is -0.121.